The van der Waals surface area contributed by atoms with E-state index in [1.54, 1.807) is 16.8 Å². The van der Waals surface area contributed by atoms with Crippen molar-refractivity contribution in [3.63, 3.8) is 0 Å². The first-order valence-corrected chi connectivity index (χ1v) is 12.1. The molecule has 2 aliphatic heterocycles. The Morgan fingerprint density at radius 2 is 2.14 bits per heavy atom. The Morgan fingerprint density at radius 3 is 2.92 bits per heavy atom. The number of anilines is 2. The summed E-state index contributed by atoms with van der Waals surface area (Å²) in [4.78, 5) is 24.0. The van der Waals surface area contributed by atoms with Gasteiger partial charge in [0, 0.05) is 49.5 Å². The van der Waals surface area contributed by atoms with Crippen LogP contribution in [-0.4, -0.2) is 57.6 Å². The van der Waals surface area contributed by atoms with Gasteiger partial charge in [0.05, 0.1) is 35.4 Å². The highest BCUT2D eigenvalue weighted by molar-refractivity contribution is 6.06. The molecule has 4 aromatic rings. The van der Waals surface area contributed by atoms with Crippen molar-refractivity contribution < 1.29 is 19.0 Å². The highest BCUT2D eigenvalue weighted by Crippen LogP contribution is 2.37. The minimum atomic E-state index is -1.06. The van der Waals surface area contributed by atoms with Gasteiger partial charge < -0.3 is 25.4 Å². The highest BCUT2D eigenvalue weighted by Gasteiger charge is 2.37. The van der Waals surface area contributed by atoms with E-state index in [0.717, 1.165) is 28.1 Å². The third-order valence-corrected chi connectivity index (χ3v) is 6.92. The molecule has 1 fully saturated rings. The number of nitrogens with one attached hydrogen (secondary N) is 2. The van der Waals surface area contributed by atoms with Gasteiger partial charge in [-0.2, -0.15) is 0 Å². The lowest BCUT2D eigenvalue weighted by molar-refractivity contribution is 0.0217. The van der Waals surface area contributed by atoms with E-state index >= 15 is 0 Å². The van der Waals surface area contributed by atoms with Crippen molar-refractivity contribution in [3.8, 4) is 11.3 Å². The summed E-state index contributed by atoms with van der Waals surface area (Å²) < 4.78 is 20.9. The van der Waals surface area contributed by atoms with E-state index in [-0.39, 0.29) is 18.3 Å². The third kappa shape index (κ3) is 4.12. The predicted octanol–water partition coefficient (Wildman–Crippen LogP) is 3.19. The third-order valence-electron chi connectivity index (χ3n) is 6.92. The van der Waals surface area contributed by atoms with E-state index < -0.39 is 5.60 Å². The number of fused-ring (bicyclic) bond motifs is 2. The Labute approximate surface area is 212 Å². The van der Waals surface area contributed by atoms with E-state index in [2.05, 4.69) is 15.6 Å². The van der Waals surface area contributed by atoms with Crippen LogP contribution in [0.3, 0.4) is 0 Å². The minimum absolute atomic E-state index is 0.179. The zero-order chi connectivity index (χ0) is 25.7. The number of aromatic nitrogens is 3. The number of benzene rings is 1. The molecule has 5 heterocycles. The molecule has 1 atom stereocenters. The molecule has 0 spiro atoms. The van der Waals surface area contributed by atoms with Crippen molar-refractivity contribution in [3.05, 3.63) is 77.0 Å². The first-order valence-electron chi connectivity index (χ1n) is 12.1. The largest absolute Gasteiger partial charge is 0.383 e. The van der Waals surface area contributed by atoms with E-state index in [1.165, 1.54) is 12.1 Å². The van der Waals surface area contributed by atoms with Gasteiger partial charge in [-0.1, -0.05) is 12.1 Å². The van der Waals surface area contributed by atoms with E-state index in [9.17, 15) is 14.3 Å². The molecule has 2 aliphatic rings. The fourth-order valence-electron chi connectivity index (χ4n) is 5.17. The van der Waals surface area contributed by atoms with Crippen LogP contribution >= 0.6 is 0 Å². The summed E-state index contributed by atoms with van der Waals surface area (Å²) in [5.41, 5.74) is 4.57. The molecular formula is C27H27FN6O3. The summed E-state index contributed by atoms with van der Waals surface area (Å²) in [6.45, 7) is 1.66. The molecule has 0 aliphatic carbocycles. The van der Waals surface area contributed by atoms with E-state index in [0.29, 0.717) is 48.8 Å². The molecule has 37 heavy (non-hydrogen) atoms. The van der Waals surface area contributed by atoms with Gasteiger partial charge in [0.2, 0.25) is 0 Å². The maximum absolute atomic E-state index is 13.7. The van der Waals surface area contributed by atoms with Gasteiger partial charge in [-0.3, -0.25) is 9.20 Å². The molecule has 0 saturated carbocycles. The molecule has 3 N–H and O–H groups in total. The van der Waals surface area contributed by atoms with Gasteiger partial charge in [-0.15, -0.1) is 0 Å². The van der Waals surface area contributed by atoms with Crippen molar-refractivity contribution >= 4 is 23.1 Å². The van der Waals surface area contributed by atoms with Crippen LogP contribution in [0, 0.1) is 5.82 Å². The number of imidazole rings is 1. The molecule has 10 heteroatoms. The van der Waals surface area contributed by atoms with Crippen molar-refractivity contribution in [2.75, 3.05) is 32.6 Å². The Bertz CT molecular complexity index is 1530. The standard InChI is InChI=1S/C27H27FN6O3/c1-33(2)14-21-19(27(36)8-10-37-15-27)4-6-23(32-21)31-20-5-3-17(18-12-30-26(35)25(18)20)22-13-29-24-11-16(28)7-9-34(22)24/h3-7,9,11,13,36H,8,10,12,14-15H2,1-2H3,(H,30,35)(H,31,32)/t27-/m0/s1. The lowest BCUT2D eigenvalue weighted by atomic mass is 9.91. The first-order chi connectivity index (χ1) is 17.8. The predicted molar refractivity (Wildman–Crippen MR) is 136 cm³/mol. The number of carbonyl (C=O) groups is 1. The molecule has 1 amide bonds. The van der Waals surface area contributed by atoms with Gasteiger partial charge in [0.1, 0.15) is 22.9 Å². The summed E-state index contributed by atoms with van der Waals surface area (Å²) in [5.74, 6) is 0.0378. The summed E-state index contributed by atoms with van der Waals surface area (Å²) >= 11 is 0. The van der Waals surface area contributed by atoms with Crippen LogP contribution in [0.2, 0.25) is 0 Å². The van der Waals surface area contributed by atoms with Crippen LogP contribution in [0.4, 0.5) is 15.9 Å². The number of hydrogen-bond acceptors (Lipinski definition) is 7. The van der Waals surface area contributed by atoms with Crippen LogP contribution < -0.4 is 10.6 Å². The molecule has 1 aromatic carbocycles. The Balaban J connectivity index is 1.39. The number of halogens is 1. The van der Waals surface area contributed by atoms with Crippen LogP contribution in [0.15, 0.2) is 48.8 Å². The highest BCUT2D eigenvalue weighted by atomic mass is 19.1. The van der Waals surface area contributed by atoms with Gasteiger partial charge in [-0.05, 0) is 37.9 Å². The van der Waals surface area contributed by atoms with Crippen molar-refractivity contribution in [2.45, 2.75) is 25.1 Å². The number of nitrogens with zero attached hydrogens (tertiary/aromatic N) is 4. The maximum atomic E-state index is 13.7. The molecule has 6 rings (SSSR count). The van der Waals surface area contributed by atoms with Gasteiger partial charge in [-0.25, -0.2) is 14.4 Å². The van der Waals surface area contributed by atoms with Gasteiger partial charge in [0.15, 0.2) is 0 Å². The summed E-state index contributed by atoms with van der Waals surface area (Å²) in [6.07, 6.45) is 3.84. The Kier molecular flexibility index (Phi) is 5.67. The molecule has 190 valence electrons. The second kappa shape index (κ2) is 8.91. The SMILES string of the molecule is CN(C)Cc1nc(Nc2ccc(-c3cnc4cc(F)ccn34)c3c2C(=O)NC3)ccc1[C@]1(O)CCOC1. The molecule has 0 unspecified atom stereocenters. The molecule has 0 radical (unpaired) electrons. The fourth-order valence-corrected chi connectivity index (χ4v) is 5.17. The van der Waals surface area contributed by atoms with Gasteiger partial charge >= 0.3 is 0 Å². The summed E-state index contributed by atoms with van der Waals surface area (Å²) in [5, 5.41) is 17.4. The Morgan fingerprint density at radius 1 is 1.27 bits per heavy atom. The molecular weight excluding hydrogens is 475 g/mol. The zero-order valence-corrected chi connectivity index (χ0v) is 20.6. The van der Waals surface area contributed by atoms with E-state index in [4.69, 9.17) is 9.72 Å². The second-order valence-corrected chi connectivity index (χ2v) is 9.80. The number of ether oxygens (including phenoxy) is 1. The monoisotopic (exact) mass is 502 g/mol. The summed E-state index contributed by atoms with van der Waals surface area (Å²) in [7, 11) is 3.90. The lowest BCUT2D eigenvalue weighted by Gasteiger charge is -2.25. The minimum Gasteiger partial charge on any atom is -0.383 e. The average Bonchev–Trinajstić information content (AvgIpc) is 3.58. The molecule has 1 saturated heterocycles. The fraction of sp³-hybridized carbons (Fsp3) is 0.296. The lowest BCUT2D eigenvalue weighted by Crippen LogP contribution is -2.29. The van der Waals surface area contributed by atoms with Crippen LogP contribution in [-0.2, 0) is 23.4 Å². The second-order valence-electron chi connectivity index (χ2n) is 9.80. The smallest absolute Gasteiger partial charge is 0.254 e. The number of aliphatic hydroxyl groups is 1. The Hall–Kier alpha value is -3.86. The molecule has 0 bridgehead atoms. The quantitative estimate of drug-likeness (QED) is 0.372. The van der Waals surface area contributed by atoms with Crippen LogP contribution in [0.25, 0.3) is 16.9 Å². The number of hydrogen-bond donors (Lipinski definition) is 3. The molecule has 9 nitrogen and oxygen atoms in total. The first kappa shape index (κ1) is 23.5. The maximum Gasteiger partial charge on any atom is 0.254 e. The zero-order valence-electron chi connectivity index (χ0n) is 20.6. The van der Waals surface area contributed by atoms with Crippen LogP contribution in [0.1, 0.15) is 33.6 Å². The van der Waals surface area contributed by atoms with E-state index in [1.807, 2.05) is 43.3 Å². The topological polar surface area (TPSA) is 104 Å². The number of pyridine rings is 2. The van der Waals surface area contributed by atoms with Crippen molar-refractivity contribution in [1.29, 1.82) is 0 Å². The number of rotatable bonds is 6. The average molecular weight is 503 g/mol. The normalized spacial score (nSPS) is 19.0. The van der Waals surface area contributed by atoms with Gasteiger partial charge in [0.25, 0.3) is 5.91 Å². The summed E-state index contributed by atoms with van der Waals surface area (Å²) in [6, 6.07) is 10.2. The number of carbonyl (C=O) groups excluding carboxylic acids is 1. The van der Waals surface area contributed by atoms with Crippen molar-refractivity contribution in [2.24, 2.45) is 0 Å². The van der Waals surface area contributed by atoms with Crippen LogP contribution in [0.5, 0.6) is 0 Å². The van der Waals surface area contributed by atoms with Crippen molar-refractivity contribution in [1.82, 2.24) is 24.6 Å². The molecule has 3 aromatic heterocycles. The number of amides is 1.